The van der Waals surface area contributed by atoms with Gasteiger partial charge in [-0.15, -0.1) is 0 Å². The van der Waals surface area contributed by atoms with Crippen LogP contribution in [-0.4, -0.2) is 25.3 Å². The Bertz CT molecular complexity index is 155. The third-order valence-electron chi connectivity index (χ3n) is 3.64. The maximum absolute atomic E-state index is 5.67. The van der Waals surface area contributed by atoms with Crippen LogP contribution in [0.5, 0.6) is 0 Å². The molecular formula is C13H27NO. The van der Waals surface area contributed by atoms with Crippen molar-refractivity contribution in [3.63, 3.8) is 0 Å². The molecule has 2 nitrogen and oxygen atoms in total. The Morgan fingerprint density at radius 1 is 1.40 bits per heavy atom. The van der Waals surface area contributed by atoms with Crippen molar-refractivity contribution in [2.45, 2.75) is 65.0 Å². The zero-order valence-corrected chi connectivity index (χ0v) is 10.6. The van der Waals surface area contributed by atoms with Crippen LogP contribution in [0.3, 0.4) is 0 Å². The molecule has 3 unspecified atom stereocenters. The second-order valence-electron chi connectivity index (χ2n) is 4.73. The lowest BCUT2D eigenvalue weighted by Crippen LogP contribution is -2.33. The van der Waals surface area contributed by atoms with Gasteiger partial charge in [0, 0.05) is 12.6 Å². The first-order valence-electron chi connectivity index (χ1n) is 6.62. The van der Waals surface area contributed by atoms with Gasteiger partial charge in [0.15, 0.2) is 0 Å². The van der Waals surface area contributed by atoms with Gasteiger partial charge in [-0.1, -0.05) is 20.3 Å². The number of hydrogen-bond donors (Lipinski definition) is 1. The maximum Gasteiger partial charge on any atom is 0.0576 e. The van der Waals surface area contributed by atoms with E-state index in [1.54, 1.807) is 0 Å². The molecule has 1 rings (SSSR count). The van der Waals surface area contributed by atoms with Crippen LogP contribution < -0.4 is 5.32 Å². The summed E-state index contributed by atoms with van der Waals surface area (Å²) < 4.78 is 5.67. The highest BCUT2D eigenvalue weighted by Gasteiger charge is 2.19. The van der Waals surface area contributed by atoms with E-state index in [9.17, 15) is 0 Å². The van der Waals surface area contributed by atoms with Crippen LogP contribution in [0.1, 0.15) is 52.9 Å². The fraction of sp³-hybridized carbons (Fsp3) is 1.00. The molecule has 0 radical (unpaired) electrons. The summed E-state index contributed by atoms with van der Waals surface area (Å²) in [5, 5.41) is 3.53. The third-order valence-corrected chi connectivity index (χ3v) is 3.64. The van der Waals surface area contributed by atoms with Crippen LogP contribution in [0, 0.1) is 5.92 Å². The molecule has 90 valence electrons. The molecule has 1 aliphatic rings. The van der Waals surface area contributed by atoms with Crippen LogP contribution in [0.25, 0.3) is 0 Å². The largest absolute Gasteiger partial charge is 0.378 e. The Hall–Kier alpha value is -0.0800. The topological polar surface area (TPSA) is 21.3 Å². The molecule has 1 aliphatic heterocycles. The summed E-state index contributed by atoms with van der Waals surface area (Å²) in [6.45, 7) is 8.87. The maximum atomic E-state index is 5.67. The number of rotatable bonds is 7. The minimum atomic E-state index is 0.563. The van der Waals surface area contributed by atoms with Crippen LogP contribution in [0.2, 0.25) is 0 Å². The van der Waals surface area contributed by atoms with E-state index in [0.29, 0.717) is 12.1 Å². The van der Waals surface area contributed by atoms with Gasteiger partial charge in [-0.05, 0) is 45.1 Å². The summed E-state index contributed by atoms with van der Waals surface area (Å²) in [4.78, 5) is 0. The molecule has 0 amide bonds. The number of ether oxygens (including phenoxy) is 1. The van der Waals surface area contributed by atoms with Gasteiger partial charge < -0.3 is 10.1 Å². The fourth-order valence-corrected chi connectivity index (χ4v) is 2.57. The average molecular weight is 213 g/mol. The Balaban J connectivity index is 2.19. The van der Waals surface area contributed by atoms with Gasteiger partial charge in [0.25, 0.3) is 0 Å². The SMILES string of the molecule is CCNC(C)C(CC)CCC1CCCO1. The van der Waals surface area contributed by atoms with E-state index in [-0.39, 0.29) is 0 Å². The molecule has 15 heavy (non-hydrogen) atoms. The Kier molecular flexibility index (Phi) is 6.26. The minimum absolute atomic E-state index is 0.563. The normalized spacial score (nSPS) is 25.4. The molecule has 0 aromatic carbocycles. The first kappa shape index (κ1) is 13.0. The summed E-state index contributed by atoms with van der Waals surface area (Å²) in [6.07, 6.45) is 6.97. The van der Waals surface area contributed by atoms with Crippen LogP contribution in [-0.2, 0) is 4.74 Å². The molecule has 0 aliphatic carbocycles. The average Bonchev–Trinajstić information content (AvgIpc) is 2.72. The van der Waals surface area contributed by atoms with Crippen molar-refractivity contribution in [1.82, 2.24) is 5.32 Å². The predicted molar refractivity (Wildman–Crippen MR) is 65.1 cm³/mol. The molecule has 1 saturated heterocycles. The fourth-order valence-electron chi connectivity index (χ4n) is 2.57. The molecule has 0 saturated carbocycles. The number of hydrogen-bond acceptors (Lipinski definition) is 2. The van der Waals surface area contributed by atoms with E-state index in [0.717, 1.165) is 19.1 Å². The summed E-state index contributed by atoms with van der Waals surface area (Å²) in [6, 6.07) is 0.654. The van der Waals surface area contributed by atoms with E-state index >= 15 is 0 Å². The minimum Gasteiger partial charge on any atom is -0.378 e. The second-order valence-corrected chi connectivity index (χ2v) is 4.73. The van der Waals surface area contributed by atoms with Crippen LogP contribution in [0.4, 0.5) is 0 Å². The molecule has 0 bridgehead atoms. The highest BCUT2D eigenvalue weighted by Crippen LogP contribution is 2.22. The van der Waals surface area contributed by atoms with Gasteiger partial charge in [-0.2, -0.15) is 0 Å². The summed E-state index contributed by atoms with van der Waals surface area (Å²) in [5.41, 5.74) is 0. The standard InChI is InChI=1S/C13H27NO/c1-4-12(11(3)14-5-2)8-9-13-7-6-10-15-13/h11-14H,4-10H2,1-3H3. The lowest BCUT2D eigenvalue weighted by atomic mass is 9.91. The van der Waals surface area contributed by atoms with Gasteiger partial charge in [-0.25, -0.2) is 0 Å². The second kappa shape index (κ2) is 7.24. The summed E-state index contributed by atoms with van der Waals surface area (Å²) >= 11 is 0. The van der Waals surface area contributed by atoms with Crippen molar-refractivity contribution < 1.29 is 4.74 Å². The van der Waals surface area contributed by atoms with Gasteiger partial charge >= 0.3 is 0 Å². The van der Waals surface area contributed by atoms with Crippen molar-refractivity contribution in [2.75, 3.05) is 13.2 Å². The van der Waals surface area contributed by atoms with Gasteiger partial charge in [0.05, 0.1) is 6.10 Å². The quantitative estimate of drug-likeness (QED) is 0.702. The molecule has 1 heterocycles. The third kappa shape index (κ3) is 4.52. The van der Waals surface area contributed by atoms with Crippen LogP contribution >= 0.6 is 0 Å². The molecule has 0 aromatic rings. The predicted octanol–water partition coefficient (Wildman–Crippen LogP) is 2.97. The highest BCUT2D eigenvalue weighted by atomic mass is 16.5. The molecule has 1 fully saturated rings. The first-order valence-corrected chi connectivity index (χ1v) is 6.62. The van der Waals surface area contributed by atoms with E-state index in [4.69, 9.17) is 4.74 Å². The van der Waals surface area contributed by atoms with Crippen molar-refractivity contribution >= 4 is 0 Å². The lowest BCUT2D eigenvalue weighted by molar-refractivity contribution is 0.0959. The van der Waals surface area contributed by atoms with Crippen molar-refractivity contribution in [3.8, 4) is 0 Å². The van der Waals surface area contributed by atoms with E-state index in [1.165, 1.54) is 32.1 Å². The van der Waals surface area contributed by atoms with E-state index in [1.807, 2.05) is 0 Å². The summed E-state index contributed by atoms with van der Waals surface area (Å²) in [7, 11) is 0. The highest BCUT2D eigenvalue weighted by molar-refractivity contribution is 4.74. The molecule has 1 N–H and O–H groups in total. The monoisotopic (exact) mass is 213 g/mol. The van der Waals surface area contributed by atoms with Crippen LogP contribution in [0.15, 0.2) is 0 Å². The van der Waals surface area contributed by atoms with Crippen molar-refractivity contribution in [2.24, 2.45) is 5.92 Å². The zero-order valence-electron chi connectivity index (χ0n) is 10.6. The van der Waals surface area contributed by atoms with E-state index < -0.39 is 0 Å². The van der Waals surface area contributed by atoms with Gasteiger partial charge in [-0.3, -0.25) is 0 Å². The first-order chi connectivity index (χ1) is 7.27. The lowest BCUT2D eigenvalue weighted by Gasteiger charge is -2.24. The number of nitrogens with one attached hydrogen (secondary N) is 1. The van der Waals surface area contributed by atoms with E-state index in [2.05, 4.69) is 26.1 Å². The zero-order chi connectivity index (χ0) is 11.1. The smallest absolute Gasteiger partial charge is 0.0576 e. The molecule has 2 heteroatoms. The van der Waals surface area contributed by atoms with Gasteiger partial charge in [0.1, 0.15) is 0 Å². The van der Waals surface area contributed by atoms with Gasteiger partial charge in [0.2, 0.25) is 0 Å². The molecule has 3 atom stereocenters. The Morgan fingerprint density at radius 2 is 2.20 bits per heavy atom. The molecular weight excluding hydrogens is 186 g/mol. The molecule has 0 aromatic heterocycles. The molecule has 0 spiro atoms. The Morgan fingerprint density at radius 3 is 2.73 bits per heavy atom. The van der Waals surface area contributed by atoms with Crippen molar-refractivity contribution in [1.29, 1.82) is 0 Å². The van der Waals surface area contributed by atoms with Crippen molar-refractivity contribution in [3.05, 3.63) is 0 Å². The summed E-state index contributed by atoms with van der Waals surface area (Å²) in [5.74, 6) is 0.814. The Labute approximate surface area is 94.8 Å².